The van der Waals surface area contributed by atoms with Gasteiger partial charge in [0.1, 0.15) is 5.82 Å². The minimum Gasteiger partial charge on any atom is -0.377 e. The zero-order valence-electron chi connectivity index (χ0n) is 10.4. The minimum absolute atomic E-state index is 0.215. The van der Waals surface area contributed by atoms with Gasteiger partial charge in [-0.2, -0.15) is 13.2 Å². The molecule has 2 rings (SSSR count). The molecule has 20 heavy (non-hydrogen) atoms. The lowest BCUT2D eigenvalue weighted by atomic mass is 10.1. The molecule has 0 aliphatic heterocycles. The van der Waals surface area contributed by atoms with E-state index in [0.717, 1.165) is 6.08 Å². The molecule has 6 heteroatoms. The van der Waals surface area contributed by atoms with Crippen LogP contribution in [0.15, 0.2) is 48.8 Å². The van der Waals surface area contributed by atoms with Crippen LogP contribution in [0.2, 0.25) is 0 Å². The lowest BCUT2D eigenvalue weighted by molar-refractivity contribution is -0.0790. The van der Waals surface area contributed by atoms with Crippen LogP contribution >= 0.6 is 0 Å². The third-order valence-electron chi connectivity index (χ3n) is 2.47. The van der Waals surface area contributed by atoms with Gasteiger partial charge in [-0.05, 0) is 23.8 Å². The quantitative estimate of drug-likeness (QED) is 0.928. The molecule has 0 atom stereocenters. The number of halogens is 3. The number of nitrogens with zero attached hydrogens (tertiary/aromatic N) is 2. The summed E-state index contributed by atoms with van der Waals surface area (Å²) >= 11 is 0. The molecular weight excluding hydrogens is 267 g/mol. The SMILES string of the molecule is FC(F)(F)/C=C/c1ccccc1NCc1ncccn1. The van der Waals surface area contributed by atoms with Gasteiger partial charge in [0.05, 0.1) is 6.54 Å². The molecule has 0 saturated heterocycles. The monoisotopic (exact) mass is 279 g/mol. The number of benzene rings is 1. The first-order chi connectivity index (χ1) is 9.54. The van der Waals surface area contributed by atoms with Crippen LogP contribution in [-0.4, -0.2) is 16.1 Å². The van der Waals surface area contributed by atoms with E-state index >= 15 is 0 Å². The summed E-state index contributed by atoms with van der Waals surface area (Å²) in [5.41, 5.74) is 1.06. The van der Waals surface area contributed by atoms with Crippen LogP contribution in [0.3, 0.4) is 0 Å². The summed E-state index contributed by atoms with van der Waals surface area (Å²) in [6.07, 6.45) is 0.148. The standard InChI is InChI=1S/C14H12F3N3/c15-14(16,17)7-6-11-4-1-2-5-12(11)20-10-13-18-8-3-9-19-13/h1-9,20H,10H2/b7-6+. The molecule has 1 N–H and O–H groups in total. The van der Waals surface area contributed by atoms with E-state index in [4.69, 9.17) is 0 Å². The Labute approximate surface area is 114 Å². The summed E-state index contributed by atoms with van der Waals surface area (Å²) in [6.45, 7) is 0.345. The molecule has 0 aliphatic carbocycles. The molecule has 0 spiro atoms. The van der Waals surface area contributed by atoms with Crippen LogP contribution in [-0.2, 0) is 6.54 Å². The van der Waals surface area contributed by atoms with Crippen molar-refractivity contribution in [2.75, 3.05) is 5.32 Å². The average molecular weight is 279 g/mol. The van der Waals surface area contributed by atoms with Crippen molar-refractivity contribution in [2.24, 2.45) is 0 Å². The van der Waals surface area contributed by atoms with Gasteiger partial charge in [-0.25, -0.2) is 9.97 Å². The third kappa shape index (κ3) is 4.38. The summed E-state index contributed by atoms with van der Waals surface area (Å²) in [6, 6.07) is 8.44. The fraction of sp³-hybridized carbons (Fsp3) is 0.143. The van der Waals surface area contributed by atoms with Gasteiger partial charge in [-0.15, -0.1) is 0 Å². The largest absolute Gasteiger partial charge is 0.409 e. The fourth-order valence-corrected chi connectivity index (χ4v) is 1.58. The second kappa shape index (κ2) is 6.18. The summed E-state index contributed by atoms with van der Waals surface area (Å²) < 4.78 is 36.6. The number of hydrogen-bond acceptors (Lipinski definition) is 3. The average Bonchev–Trinajstić information content (AvgIpc) is 2.44. The molecule has 0 radical (unpaired) electrons. The summed E-state index contributed by atoms with van der Waals surface area (Å²) in [7, 11) is 0. The summed E-state index contributed by atoms with van der Waals surface area (Å²) in [4.78, 5) is 8.07. The molecule has 0 fully saturated rings. The first-order valence-corrected chi connectivity index (χ1v) is 5.89. The highest BCUT2D eigenvalue weighted by Crippen LogP contribution is 2.22. The predicted octanol–water partition coefficient (Wildman–Crippen LogP) is 3.66. The topological polar surface area (TPSA) is 37.8 Å². The Morgan fingerprint density at radius 2 is 1.75 bits per heavy atom. The number of allylic oxidation sites excluding steroid dienone is 1. The fourth-order valence-electron chi connectivity index (χ4n) is 1.58. The molecule has 0 bridgehead atoms. The number of nitrogens with one attached hydrogen (secondary N) is 1. The van der Waals surface area contributed by atoms with E-state index in [0.29, 0.717) is 23.6 Å². The zero-order valence-corrected chi connectivity index (χ0v) is 10.4. The van der Waals surface area contributed by atoms with Gasteiger partial charge in [0.2, 0.25) is 0 Å². The predicted molar refractivity (Wildman–Crippen MR) is 70.9 cm³/mol. The Balaban J connectivity index is 2.10. The normalized spacial score (nSPS) is 11.8. The maximum atomic E-state index is 12.2. The number of rotatable bonds is 4. The van der Waals surface area contributed by atoms with E-state index < -0.39 is 6.18 Å². The van der Waals surface area contributed by atoms with E-state index in [9.17, 15) is 13.2 Å². The van der Waals surface area contributed by atoms with E-state index in [-0.39, 0.29) is 6.08 Å². The highest BCUT2D eigenvalue weighted by atomic mass is 19.4. The second-order valence-corrected chi connectivity index (χ2v) is 3.98. The van der Waals surface area contributed by atoms with Gasteiger partial charge in [0, 0.05) is 24.2 Å². The van der Waals surface area contributed by atoms with Crippen molar-refractivity contribution in [3.8, 4) is 0 Å². The van der Waals surface area contributed by atoms with Crippen LogP contribution in [0.4, 0.5) is 18.9 Å². The second-order valence-electron chi connectivity index (χ2n) is 3.98. The molecular formula is C14H12F3N3. The number of anilines is 1. The van der Waals surface area contributed by atoms with Gasteiger partial charge < -0.3 is 5.32 Å². The molecule has 104 valence electrons. The lowest BCUT2D eigenvalue weighted by Crippen LogP contribution is -2.05. The van der Waals surface area contributed by atoms with Gasteiger partial charge in [0.15, 0.2) is 0 Å². The van der Waals surface area contributed by atoms with Crippen molar-refractivity contribution >= 4 is 11.8 Å². The Kier molecular flexibility index (Phi) is 4.34. The lowest BCUT2D eigenvalue weighted by Gasteiger charge is -2.09. The maximum absolute atomic E-state index is 12.2. The summed E-state index contributed by atoms with van der Waals surface area (Å²) in [5, 5.41) is 3.02. The molecule has 3 nitrogen and oxygen atoms in total. The van der Waals surface area contributed by atoms with E-state index in [1.54, 1.807) is 42.7 Å². The van der Waals surface area contributed by atoms with E-state index in [1.165, 1.54) is 0 Å². The van der Waals surface area contributed by atoms with Crippen molar-refractivity contribution in [2.45, 2.75) is 12.7 Å². The molecule has 0 aliphatic rings. The Morgan fingerprint density at radius 3 is 2.45 bits per heavy atom. The molecule has 0 unspecified atom stereocenters. The molecule has 1 aromatic carbocycles. The number of para-hydroxylation sites is 1. The van der Waals surface area contributed by atoms with Crippen LogP contribution in [0.25, 0.3) is 6.08 Å². The number of alkyl halides is 3. The van der Waals surface area contributed by atoms with E-state index in [1.807, 2.05) is 0 Å². The first kappa shape index (κ1) is 14.0. The van der Waals surface area contributed by atoms with Crippen molar-refractivity contribution in [3.63, 3.8) is 0 Å². The molecule has 0 saturated carbocycles. The van der Waals surface area contributed by atoms with Crippen molar-refractivity contribution in [1.82, 2.24) is 9.97 Å². The maximum Gasteiger partial charge on any atom is 0.409 e. The van der Waals surface area contributed by atoms with Crippen molar-refractivity contribution in [3.05, 3.63) is 60.2 Å². The number of hydrogen-bond donors (Lipinski definition) is 1. The zero-order chi connectivity index (χ0) is 14.4. The third-order valence-corrected chi connectivity index (χ3v) is 2.47. The summed E-state index contributed by atoms with van der Waals surface area (Å²) in [5.74, 6) is 0.571. The van der Waals surface area contributed by atoms with Gasteiger partial charge in [-0.1, -0.05) is 18.2 Å². The van der Waals surface area contributed by atoms with Gasteiger partial charge in [-0.3, -0.25) is 0 Å². The minimum atomic E-state index is -4.32. The number of aromatic nitrogens is 2. The van der Waals surface area contributed by atoms with Gasteiger partial charge in [0.25, 0.3) is 0 Å². The Morgan fingerprint density at radius 1 is 1.05 bits per heavy atom. The molecule has 1 aromatic heterocycles. The first-order valence-electron chi connectivity index (χ1n) is 5.89. The molecule has 0 amide bonds. The van der Waals surface area contributed by atoms with Crippen LogP contribution in [0.1, 0.15) is 11.4 Å². The highest BCUT2D eigenvalue weighted by molar-refractivity contribution is 5.66. The van der Waals surface area contributed by atoms with Crippen LogP contribution < -0.4 is 5.32 Å². The van der Waals surface area contributed by atoms with Crippen molar-refractivity contribution < 1.29 is 13.2 Å². The van der Waals surface area contributed by atoms with Gasteiger partial charge >= 0.3 is 6.18 Å². The van der Waals surface area contributed by atoms with Crippen molar-refractivity contribution in [1.29, 1.82) is 0 Å². The Bertz CT molecular complexity index is 580. The Hall–Kier alpha value is -2.37. The highest BCUT2D eigenvalue weighted by Gasteiger charge is 2.21. The van der Waals surface area contributed by atoms with Crippen LogP contribution in [0.5, 0.6) is 0 Å². The molecule has 1 heterocycles. The smallest absolute Gasteiger partial charge is 0.377 e. The van der Waals surface area contributed by atoms with E-state index in [2.05, 4.69) is 15.3 Å². The van der Waals surface area contributed by atoms with Crippen LogP contribution in [0, 0.1) is 0 Å². The molecule has 2 aromatic rings.